The second kappa shape index (κ2) is 5.54. The number of carbonyl (C=O) groups excluding carboxylic acids is 1. The molecule has 0 spiro atoms. The van der Waals surface area contributed by atoms with Crippen LogP contribution in [0.2, 0.25) is 0 Å². The van der Waals surface area contributed by atoms with E-state index in [1.165, 1.54) is 31.0 Å². The first-order valence-electron chi connectivity index (χ1n) is 6.49. The summed E-state index contributed by atoms with van der Waals surface area (Å²) in [5.41, 5.74) is 0. The van der Waals surface area contributed by atoms with E-state index in [1.807, 2.05) is 11.8 Å². The van der Waals surface area contributed by atoms with Crippen LogP contribution >= 0.6 is 11.8 Å². The fraction of sp³-hybridized carbons (Fsp3) is 0.923. The first-order valence-corrected chi connectivity index (χ1v) is 7.65. The SMILES string of the molecule is CC1CC(=O)C(CN2CCSCC2)C(C)C1. The summed E-state index contributed by atoms with van der Waals surface area (Å²) in [7, 11) is 0. The van der Waals surface area contributed by atoms with Gasteiger partial charge in [0.15, 0.2) is 0 Å². The zero-order chi connectivity index (χ0) is 11.5. The minimum absolute atomic E-state index is 0.319. The average molecular weight is 241 g/mol. The summed E-state index contributed by atoms with van der Waals surface area (Å²) in [6.45, 7) is 7.85. The van der Waals surface area contributed by atoms with Gasteiger partial charge in [0.05, 0.1) is 0 Å². The summed E-state index contributed by atoms with van der Waals surface area (Å²) < 4.78 is 0. The molecule has 2 fully saturated rings. The minimum Gasteiger partial charge on any atom is -0.301 e. The van der Waals surface area contributed by atoms with Crippen molar-refractivity contribution in [1.29, 1.82) is 0 Å². The van der Waals surface area contributed by atoms with Crippen molar-refractivity contribution in [3.8, 4) is 0 Å². The molecule has 0 aromatic carbocycles. The number of hydrogen-bond donors (Lipinski definition) is 0. The smallest absolute Gasteiger partial charge is 0.137 e. The molecule has 0 amide bonds. The molecule has 3 unspecified atom stereocenters. The third kappa shape index (κ3) is 3.01. The lowest BCUT2D eigenvalue weighted by molar-refractivity contribution is -0.128. The first kappa shape index (κ1) is 12.4. The van der Waals surface area contributed by atoms with Gasteiger partial charge in [-0.05, 0) is 18.3 Å². The Balaban J connectivity index is 1.89. The third-order valence-corrected chi connectivity index (χ3v) is 4.93. The van der Waals surface area contributed by atoms with Crippen molar-refractivity contribution in [2.75, 3.05) is 31.1 Å². The van der Waals surface area contributed by atoms with Crippen LogP contribution in [0.3, 0.4) is 0 Å². The van der Waals surface area contributed by atoms with Gasteiger partial charge in [-0.1, -0.05) is 13.8 Å². The van der Waals surface area contributed by atoms with Crippen molar-refractivity contribution in [2.45, 2.75) is 26.7 Å². The molecule has 0 bridgehead atoms. The molecule has 3 atom stereocenters. The van der Waals surface area contributed by atoms with E-state index in [9.17, 15) is 4.79 Å². The van der Waals surface area contributed by atoms with Gasteiger partial charge >= 0.3 is 0 Å². The summed E-state index contributed by atoms with van der Waals surface area (Å²) >= 11 is 2.04. The third-order valence-electron chi connectivity index (χ3n) is 3.98. The van der Waals surface area contributed by atoms with E-state index in [0.29, 0.717) is 23.5 Å². The van der Waals surface area contributed by atoms with Crippen molar-refractivity contribution in [2.24, 2.45) is 17.8 Å². The Morgan fingerprint density at radius 1 is 1.31 bits per heavy atom. The molecule has 3 heteroatoms. The van der Waals surface area contributed by atoms with E-state index < -0.39 is 0 Å². The van der Waals surface area contributed by atoms with Gasteiger partial charge in [-0.15, -0.1) is 0 Å². The van der Waals surface area contributed by atoms with Crippen LogP contribution in [-0.2, 0) is 4.79 Å². The number of thioether (sulfide) groups is 1. The molecule has 2 rings (SSSR count). The molecule has 0 N–H and O–H groups in total. The molecule has 2 nitrogen and oxygen atoms in total. The normalized spacial score (nSPS) is 37.6. The van der Waals surface area contributed by atoms with Gasteiger partial charge in [0.25, 0.3) is 0 Å². The summed E-state index contributed by atoms with van der Waals surface area (Å²) in [6, 6.07) is 0. The molecule has 0 radical (unpaired) electrons. The van der Waals surface area contributed by atoms with Crippen LogP contribution in [0.15, 0.2) is 0 Å². The fourth-order valence-electron chi connectivity index (χ4n) is 3.04. The lowest BCUT2D eigenvalue weighted by Crippen LogP contribution is -2.43. The van der Waals surface area contributed by atoms with Gasteiger partial charge in [0.1, 0.15) is 5.78 Å². The molecule has 1 saturated carbocycles. The van der Waals surface area contributed by atoms with Gasteiger partial charge in [-0.2, -0.15) is 11.8 Å². The van der Waals surface area contributed by atoms with Crippen molar-refractivity contribution in [3.05, 3.63) is 0 Å². The maximum absolute atomic E-state index is 12.1. The van der Waals surface area contributed by atoms with Crippen molar-refractivity contribution >= 4 is 17.5 Å². The lowest BCUT2D eigenvalue weighted by atomic mass is 9.74. The molecule has 1 aliphatic heterocycles. The molecule has 0 aromatic heterocycles. The number of rotatable bonds is 2. The second-order valence-corrected chi connectivity index (χ2v) is 6.73. The van der Waals surface area contributed by atoms with E-state index >= 15 is 0 Å². The summed E-state index contributed by atoms with van der Waals surface area (Å²) in [6.07, 6.45) is 2.05. The number of Topliss-reactive ketones (excluding diaryl/α,β-unsaturated/α-hetero) is 1. The van der Waals surface area contributed by atoms with E-state index in [4.69, 9.17) is 0 Å². The van der Waals surface area contributed by atoms with Gasteiger partial charge in [-0.3, -0.25) is 4.79 Å². The summed E-state index contributed by atoms with van der Waals surface area (Å²) in [5, 5.41) is 0. The van der Waals surface area contributed by atoms with Crippen LogP contribution < -0.4 is 0 Å². The fourth-order valence-corrected chi connectivity index (χ4v) is 4.02. The van der Waals surface area contributed by atoms with Gasteiger partial charge in [0.2, 0.25) is 0 Å². The van der Waals surface area contributed by atoms with Crippen LogP contribution in [-0.4, -0.2) is 41.8 Å². The molecule has 0 aromatic rings. The maximum atomic E-state index is 12.1. The predicted molar refractivity (Wildman–Crippen MR) is 69.8 cm³/mol. The molecule has 1 aliphatic carbocycles. The summed E-state index contributed by atoms with van der Waals surface area (Å²) in [5.74, 6) is 4.52. The molecular weight excluding hydrogens is 218 g/mol. The van der Waals surface area contributed by atoms with E-state index in [2.05, 4.69) is 18.7 Å². The van der Waals surface area contributed by atoms with Gasteiger partial charge in [-0.25, -0.2) is 0 Å². The van der Waals surface area contributed by atoms with E-state index in [1.54, 1.807) is 0 Å². The molecule has 92 valence electrons. The molecular formula is C13H23NOS. The highest BCUT2D eigenvalue weighted by molar-refractivity contribution is 7.99. The number of carbonyl (C=O) groups is 1. The number of hydrogen-bond acceptors (Lipinski definition) is 3. The topological polar surface area (TPSA) is 20.3 Å². The largest absolute Gasteiger partial charge is 0.301 e. The maximum Gasteiger partial charge on any atom is 0.137 e. The Hall–Kier alpha value is -0.0200. The predicted octanol–water partition coefficient (Wildman–Crippen LogP) is 2.29. The van der Waals surface area contributed by atoms with Crippen LogP contribution in [0.25, 0.3) is 0 Å². The Bertz CT molecular complexity index is 250. The first-order chi connectivity index (χ1) is 7.66. The molecule has 1 saturated heterocycles. The molecule has 2 aliphatic rings. The van der Waals surface area contributed by atoms with Crippen LogP contribution in [0.4, 0.5) is 0 Å². The van der Waals surface area contributed by atoms with Crippen molar-refractivity contribution in [1.82, 2.24) is 4.90 Å². The minimum atomic E-state index is 0.319. The van der Waals surface area contributed by atoms with Crippen molar-refractivity contribution in [3.63, 3.8) is 0 Å². The Morgan fingerprint density at radius 3 is 2.62 bits per heavy atom. The second-order valence-electron chi connectivity index (χ2n) is 5.51. The highest BCUT2D eigenvalue weighted by atomic mass is 32.2. The van der Waals surface area contributed by atoms with Gasteiger partial charge < -0.3 is 4.90 Å². The Labute approximate surface area is 103 Å². The van der Waals surface area contributed by atoms with Gasteiger partial charge in [0, 0.05) is 43.5 Å². The van der Waals surface area contributed by atoms with Crippen LogP contribution in [0, 0.1) is 17.8 Å². The number of ketones is 1. The average Bonchev–Trinajstić information content (AvgIpc) is 2.25. The van der Waals surface area contributed by atoms with Crippen LogP contribution in [0.1, 0.15) is 26.7 Å². The standard InChI is InChI=1S/C13H23NOS/c1-10-7-11(2)12(13(15)8-10)9-14-3-5-16-6-4-14/h10-12H,3-9H2,1-2H3. The molecule has 1 heterocycles. The number of nitrogens with zero attached hydrogens (tertiary/aromatic N) is 1. The zero-order valence-corrected chi connectivity index (χ0v) is 11.3. The highest BCUT2D eigenvalue weighted by Gasteiger charge is 2.33. The van der Waals surface area contributed by atoms with E-state index in [0.717, 1.165) is 13.0 Å². The molecule has 16 heavy (non-hydrogen) atoms. The highest BCUT2D eigenvalue weighted by Crippen LogP contribution is 2.31. The Kier molecular flexibility index (Phi) is 4.31. The van der Waals surface area contributed by atoms with Crippen LogP contribution in [0.5, 0.6) is 0 Å². The van der Waals surface area contributed by atoms with E-state index in [-0.39, 0.29) is 0 Å². The van der Waals surface area contributed by atoms with Crippen molar-refractivity contribution < 1.29 is 4.79 Å². The Morgan fingerprint density at radius 2 is 2.00 bits per heavy atom. The quantitative estimate of drug-likeness (QED) is 0.740. The lowest BCUT2D eigenvalue weighted by Gasteiger charge is -2.36. The zero-order valence-electron chi connectivity index (χ0n) is 10.4. The summed E-state index contributed by atoms with van der Waals surface area (Å²) in [4.78, 5) is 14.5. The monoisotopic (exact) mass is 241 g/mol.